The largest absolute Gasteiger partial charge is 0.337 e. The van der Waals surface area contributed by atoms with Crippen LogP contribution in [0.1, 0.15) is 59.4 Å². The van der Waals surface area contributed by atoms with Gasteiger partial charge in [0.15, 0.2) is 0 Å². The number of amides is 1. The molecular weight excluding hydrogens is 434 g/mol. The van der Waals surface area contributed by atoms with Crippen LogP contribution in [0.5, 0.6) is 0 Å². The maximum absolute atomic E-state index is 13.5. The van der Waals surface area contributed by atoms with Gasteiger partial charge in [0.25, 0.3) is 5.91 Å². The predicted octanol–water partition coefficient (Wildman–Crippen LogP) is 5.69. The van der Waals surface area contributed by atoms with Crippen LogP contribution < -0.4 is 0 Å². The number of benzene rings is 2. The summed E-state index contributed by atoms with van der Waals surface area (Å²) in [7, 11) is 0. The number of aromatic nitrogens is 4. The number of aryl methyl sites for hydroxylation is 1. The first kappa shape index (κ1) is 21.5. The highest BCUT2D eigenvalue weighted by Gasteiger charge is 2.41. The monoisotopic (exact) mass is 459 g/mol. The van der Waals surface area contributed by atoms with Gasteiger partial charge in [-0.15, -0.1) is 0 Å². The fourth-order valence-electron chi connectivity index (χ4n) is 4.51. The SMILES string of the molecule is CC(C)c1ccc(C2c3c(-c4ccc(Cl)cc4)n[nH]c3C(=O)N2CCCn2ccnc2)cc1. The van der Waals surface area contributed by atoms with Crippen LogP contribution in [0.2, 0.25) is 5.02 Å². The van der Waals surface area contributed by atoms with Crippen LogP contribution in [0.4, 0.5) is 0 Å². The zero-order valence-corrected chi connectivity index (χ0v) is 19.5. The average molecular weight is 460 g/mol. The van der Waals surface area contributed by atoms with E-state index in [1.807, 2.05) is 39.9 Å². The molecule has 33 heavy (non-hydrogen) atoms. The quantitative estimate of drug-likeness (QED) is 0.386. The van der Waals surface area contributed by atoms with Crippen LogP contribution in [0, 0.1) is 0 Å². The number of nitrogens with one attached hydrogen (secondary N) is 1. The molecule has 1 aliphatic rings. The van der Waals surface area contributed by atoms with Crippen molar-refractivity contribution in [3.8, 4) is 11.3 Å². The van der Waals surface area contributed by atoms with E-state index < -0.39 is 0 Å². The lowest BCUT2D eigenvalue weighted by molar-refractivity contribution is 0.0739. The lowest BCUT2D eigenvalue weighted by Crippen LogP contribution is -2.31. The van der Waals surface area contributed by atoms with Gasteiger partial charge in [0.05, 0.1) is 18.1 Å². The van der Waals surface area contributed by atoms with Crippen LogP contribution in [-0.4, -0.2) is 37.1 Å². The Balaban J connectivity index is 1.52. The number of H-pyrrole nitrogens is 1. The summed E-state index contributed by atoms with van der Waals surface area (Å²) in [5, 5.41) is 8.23. The Morgan fingerprint density at radius 1 is 1.06 bits per heavy atom. The maximum atomic E-state index is 13.5. The topological polar surface area (TPSA) is 66.8 Å². The van der Waals surface area contributed by atoms with Gasteiger partial charge in [-0.2, -0.15) is 5.10 Å². The van der Waals surface area contributed by atoms with Gasteiger partial charge in [-0.3, -0.25) is 9.89 Å². The number of carbonyl (C=O) groups excluding carboxylic acids is 1. The molecule has 2 aromatic carbocycles. The van der Waals surface area contributed by atoms with Gasteiger partial charge in [0.2, 0.25) is 0 Å². The van der Waals surface area contributed by atoms with Crippen LogP contribution in [0.15, 0.2) is 67.3 Å². The molecule has 6 nitrogen and oxygen atoms in total. The molecule has 1 amide bonds. The van der Waals surface area contributed by atoms with Crippen molar-refractivity contribution in [3.05, 3.63) is 94.7 Å². The molecule has 5 rings (SSSR count). The Morgan fingerprint density at radius 3 is 2.48 bits per heavy atom. The van der Waals surface area contributed by atoms with Crippen LogP contribution in [0.25, 0.3) is 11.3 Å². The van der Waals surface area contributed by atoms with E-state index in [1.165, 1.54) is 5.56 Å². The number of rotatable bonds is 7. The molecular formula is C26H26ClN5O. The van der Waals surface area contributed by atoms with E-state index >= 15 is 0 Å². The Kier molecular flexibility index (Phi) is 5.77. The van der Waals surface area contributed by atoms with Crippen molar-refractivity contribution in [1.29, 1.82) is 0 Å². The molecule has 3 heterocycles. The highest BCUT2D eigenvalue weighted by molar-refractivity contribution is 6.30. The first-order chi connectivity index (χ1) is 16.0. The summed E-state index contributed by atoms with van der Waals surface area (Å²) in [4.78, 5) is 19.5. The van der Waals surface area contributed by atoms with E-state index in [2.05, 4.69) is 53.3 Å². The Labute approximate surface area is 198 Å². The molecule has 4 aromatic rings. The number of nitrogens with zero attached hydrogens (tertiary/aromatic N) is 4. The van der Waals surface area contributed by atoms with Gasteiger partial charge in [0.1, 0.15) is 5.69 Å². The van der Waals surface area contributed by atoms with Crippen LogP contribution >= 0.6 is 11.6 Å². The van der Waals surface area contributed by atoms with Crippen molar-refractivity contribution < 1.29 is 4.79 Å². The van der Waals surface area contributed by atoms with Gasteiger partial charge in [-0.25, -0.2) is 4.98 Å². The van der Waals surface area contributed by atoms with E-state index in [9.17, 15) is 4.79 Å². The third-order valence-corrected chi connectivity index (χ3v) is 6.53. The molecule has 0 spiro atoms. The first-order valence-electron chi connectivity index (χ1n) is 11.2. The molecule has 0 radical (unpaired) electrons. The minimum Gasteiger partial charge on any atom is -0.337 e. The molecule has 0 fully saturated rings. The smallest absolute Gasteiger partial charge is 0.273 e. The number of halogens is 1. The van der Waals surface area contributed by atoms with E-state index in [0.717, 1.165) is 35.3 Å². The minimum absolute atomic E-state index is 0.0127. The molecule has 1 atom stereocenters. The summed E-state index contributed by atoms with van der Waals surface area (Å²) in [6.07, 6.45) is 6.35. The molecule has 7 heteroatoms. The first-order valence-corrected chi connectivity index (χ1v) is 11.6. The highest BCUT2D eigenvalue weighted by atomic mass is 35.5. The number of aromatic amines is 1. The molecule has 0 bridgehead atoms. The number of carbonyl (C=O) groups is 1. The standard InChI is InChI=1S/C26H26ClN5O/c1-17(2)18-4-6-20(7-5-18)25-22-23(19-8-10-21(27)11-9-19)29-30-24(22)26(33)32(25)14-3-13-31-15-12-28-16-31/h4-12,15-17,25H,3,13-14H2,1-2H3,(H,29,30). The lowest BCUT2D eigenvalue weighted by atomic mass is 9.94. The highest BCUT2D eigenvalue weighted by Crippen LogP contribution is 2.43. The summed E-state index contributed by atoms with van der Waals surface area (Å²) >= 11 is 6.10. The summed E-state index contributed by atoms with van der Waals surface area (Å²) in [6, 6.07) is 16.0. The van der Waals surface area contributed by atoms with Crippen molar-refractivity contribution in [3.63, 3.8) is 0 Å². The van der Waals surface area contributed by atoms with Crippen molar-refractivity contribution in [1.82, 2.24) is 24.6 Å². The second-order valence-electron chi connectivity index (χ2n) is 8.74. The Morgan fingerprint density at radius 2 is 1.82 bits per heavy atom. The van der Waals surface area contributed by atoms with Gasteiger partial charge < -0.3 is 9.47 Å². The van der Waals surface area contributed by atoms with Gasteiger partial charge >= 0.3 is 0 Å². The molecule has 168 valence electrons. The predicted molar refractivity (Wildman–Crippen MR) is 129 cm³/mol. The Bertz CT molecular complexity index is 1240. The summed E-state index contributed by atoms with van der Waals surface area (Å²) in [6.45, 7) is 5.81. The molecule has 0 aliphatic carbocycles. The van der Waals surface area contributed by atoms with Gasteiger partial charge in [-0.05, 0) is 35.6 Å². The number of hydrogen-bond acceptors (Lipinski definition) is 3. The normalized spacial score (nSPS) is 15.5. The third-order valence-electron chi connectivity index (χ3n) is 6.27. The molecule has 2 aromatic heterocycles. The zero-order valence-electron chi connectivity index (χ0n) is 18.7. The zero-order chi connectivity index (χ0) is 22.9. The average Bonchev–Trinajstić information content (AvgIpc) is 3.54. The molecule has 0 saturated carbocycles. The summed E-state index contributed by atoms with van der Waals surface area (Å²) < 4.78 is 2.03. The van der Waals surface area contributed by atoms with Crippen molar-refractivity contribution in [2.75, 3.05) is 6.54 Å². The van der Waals surface area contributed by atoms with Crippen LogP contribution in [0.3, 0.4) is 0 Å². The van der Waals surface area contributed by atoms with E-state index in [1.54, 1.807) is 12.5 Å². The Hall–Kier alpha value is -3.38. The molecule has 1 unspecified atom stereocenters. The van der Waals surface area contributed by atoms with Crippen molar-refractivity contribution >= 4 is 17.5 Å². The van der Waals surface area contributed by atoms with E-state index in [-0.39, 0.29) is 11.9 Å². The number of imidazole rings is 1. The molecule has 1 N–H and O–H groups in total. The van der Waals surface area contributed by atoms with Crippen molar-refractivity contribution in [2.24, 2.45) is 0 Å². The van der Waals surface area contributed by atoms with Gasteiger partial charge in [-0.1, -0.05) is 61.8 Å². The fraction of sp³-hybridized carbons (Fsp3) is 0.269. The van der Waals surface area contributed by atoms with E-state index in [4.69, 9.17) is 11.6 Å². The van der Waals surface area contributed by atoms with E-state index in [0.29, 0.717) is 23.2 Å². The van der Waals surface area contributed by atoms with Crippen LogP contribution in [-0.2, 0) is 6.54 Å². The molecule has 0 saturated heterocycles. The second-order valence-corrected chi connectivity index (χ2v) is 9.18. The third kappa shape index (κ3) is 4.07. The molecule has 1 aliphatic heterocycles. The second kappa shape index (κ2) is 8.87. The van der Waals surface area contributed by atoms with Crippen molar-refractivity contribution in [2.45, 2.75) is 38.8 Å². The lowest BCUT2D eigenvalue weighted by Gasteiger charge is -2.27. The fourth-order valence-corrected chi connectivity index (χ4v) is 4.63. The van der Waals surface area contributed by atoms with Gasteiger partial charge in [0, 0.05) is 41.6 Å². The summed E-state index contributed by atoms with van der Waals surface area (Å²) in [5.41, 5.74) is 5.60. The number of hydrogen-bond donors (Lipinski definition) is 1. The number of fused-ring (bicyclic) bond motifs is 1. The minimum atomic E-state index is -0.194. The summed E-state index contributed by atoms with van der Waals surface area (Å²) in [5.74, 6) is 0.436. The maximum Gasteiger partial charge on any atom is 0.273 e.